The van der Waals surface area contributed by atoms with Crippen LogP contribution in [0.1, 0.15) is 30.5 Å². The average molecular weight is 501 g/mol. The Morgan fingerprint density at radius 2 is 1.78 bits per heavy atom. The molecule has 1 unspecified atom stereocenters. The van der Waals surface area contributed by atoms with Gasteiger partial charge in [-0.3, -0.25) is 14.5 Å². The first-order valence-electron chi connectivity index (χ1n) is 11.7. The fraction of sp³-hybridized carbons (Fsp3) is 0.172. The molecule has 0 radical (unpaired) electrons. The Bertz CT molecular complexity index is 1500. The molecule has 5 rings (SSSR count). The van der Waals surface area contributed by atoms with Gasteiger partial charge in [0, 0.05) is 46.0 Å². The highest BCUT2D eigenvalue weighted by Gasteiger charge is 2.47. The normalized spacial score (nSPS) is 17.2. The van der Waals surface area contributed by atoms with E-state index in [4.69, 9.17) is 16.3 Å². The Labute approximate surface area is 214 Å². The van der Waals surface area contributed by atoms with E-state index < -0.39 is 17.7 Å². The summed E-state index contributed by atoms with van der Waals surface area (Å²) in [5, 5.41) is 12.9. The maximum absolute atomic E-state index is 13.5. The monoisotopic (exact) mass is 500 g/mol. The molecule has 0 saturated carbocycles. The van der Waals surface area contributed by atoms with Crippen molar-refractivity contribution in [3.05, 3.63) is 101 Å². The van der Waals surface area contributed by atoms with Gasteiger partial charge in [0.2, 0.25) is 0 Å². The standard InChI is InChI=1S/C29H25ClN2O4/c1-3-15-36-21-8-6-7-18(16-21)27(33)25-26(23-17-31(2)24-10-5-4-9-22(23)24)32(29(35)28(25)34)20-13-11-19(30)12-14-20/h4-14,16-17,26,33H,3,15H2,1-2H3/b27-25+. The first kappa shape index (κ1) is 23.7. The van der Waals surface area contributed by atoms with Gasteiger partial charge in [-0.1, -0.05) is 48.9 Å². The molecular formula is C29H25ClN2O4. The molecule has 1 aliphatic rings. The highest BCUT2D eigenvalue weighted by Crippen LogP contribution is 2.45. The lowest BCUT2D eigenvalue weighted by molar-refractivity contribution is -0.132. The van der Waals surface area contributed by atoms with E-state index >= 15 is 0 Å². The van der Waals surface area contributed by atoms with Crippen molar-refractivity contribution in [1.82, 2.24) is 4.57 Å². The Kier molecular flexibility index (Phi) is 6.29. The largest absolute Gasteiger partial charge is 0.507 e. The number of Topliss-reactive ketones (excluding diaryl/α,β-unsaturated/α-hetero) is 1. The molecule has 1 atom stereocenters. The van der Waals surface area contributed by atoms with Crippen molar-refractivity contribution in [2.75, 3.05) is 11.5 Å². The van der Waals surface area contributed by atoms with Crippen LogP contribution in [0.4, 0.5) is 5.69 Å². The third kappa shape index (κ3) is 4.03. The summed E-state index contributed by atoms with van der Waals surface area (Å²) in [5.74, 6) is -1.13. The molecule has 1 aromatic heterocycles. The van der Waals surface area contributed by atoms with Crippen LogP contribution in [0.3, 0.4) is 0 Å². The quantitative estimate of drug-likeness (QED) is 0.193. The topological polar surface area (TPSA) is 71.8 Å². The molecule has 0 bridgehead atoms. The maximum Gasteiger partial charge on any atom is 0.300 e. The fourth-order valence-corrected chi connectivity index (χ4v) is 4.82. The number of hydrogen-bond acceptors (Lipinski definition) is 4. The number of ether oxygens (including phenoxy) is 1. The third-order valence-electron chi connectivity index (χ3n) is 6.35. The lowest BCUT2D eigenvalue weighted by atomic mass is 9.94. The van der Waals surface area contributed by atoms with Gasteiger partial charge >= 0.3 is 0 Å². The molecule has 1 fully saturated rings. The van der Waals surface area contributed by atoms with Crippen LogP contribution in [-0.2, 0) is 16.6 Å². The lowest BCUT2D eigenvalue weighted by Crippen LogP contribution is -2.29. The van der Waals surface area contributed by atoms with Crippen LogP contribution in [0.15, 0.2) is 84.6 Å². The number of ketones is 1. The fourth-order valence-electron chi connectivity index (χ4n) is 4.69. The predicted octanol–water partition coefficient (Wildman–Crippen LogP) is 6.25. The van der Waals surface area contributed by atoms with Crippen LogP contribution in [0.25, 0.3) is 16.7 Å². The third-order valence-corrected chi connectivity index (χ3v) is 6.60. The number of amides is 1. The van der Waals surface area contributed by atoms with Crippen LogP contribution in [0.2, 0.25) is 5.02 Å². The molecule has 1 aliphatic heterocycles. The number of fused-ring (bicyclic) bond motifs is 1. The summed E-state index contributed by atoms with van der Waals surface area (Å²) in [4.78, 5) is 28.4. The zero-order chi connectivity index (χ0) is 25.4. The SMILES string of the molecule is CCCOc1cccc(/C(O)=C2\C(=O)C(=O)N(c3ccc(Cl)cc3)C2c2cn(C)c3ccccc23)c1. The minimum Gasteiger partial charge on any atom is -0.507 e. The van der Waals surface area contributed by atoms with Crippen molar-refractivity contribution in [3.63, 3.8) is 0 Å². The van der Waals surface area contributed by atoms with Crippen molar-refractivity contribution in [1.29, 1.82) is 0 Å². The first-order valence-corrected chi connectivity index (χ1v) is 12.1. The van der Waals surface area contributed by atoms with Crippen molar-refractivity contribution in [2.45, 2.75) is 19.4 Å². The van der Waals surface area contributed by atoms with Gasteiger partial charge in [-0.25, -0.2) is 0 Å². The van der Waals surface area contributed by atoms with E-state index in [2.05, 4.69) is 0 Å². The van der Waals surface area contributed by atoms with E-state index in [-0.39, 0.29) is 11.3 Å². The molecule has 7 heteroatoms. The minimum atomic E-state index is -0.836. The minimum absolute atomic E-state index is 0.0268. The number of rotatable bonds is 6. The summed E-state index contributed by atoms with van der Waals surface area (Å²) in [6.45, 7) is 2.54. The molecule has 182 valence electrons. The number of aromatic nitrogens is 1. The summed E-state index contributed by atoms with van der Waals surface area (Å²) in [6, 6.07) is 20.6. The lowest BCUT2D eigenvalue weighted by Gasteiger charge is -2.25. The second kappa shape index (κ2) is 9.55. The molecule has 2 heterocycles. The summed E-state index contributed by atoms with van der Waals surface area (Å²) < 4.78 is 7.67. The van der Waals surface area contributed by atoms with Crippen molar-refractivity contribution < 1.29 is 19.4 Å². The number of carbonyl (C=O) groups excluding carboxylic acids is 2. The molecule has 3 aromatic carbocycles. The number of aryl methyl sites for hydroxylation is 1. The van der Waals surface area contributed by atoms with E-state index in [0.717, 1.165) is 22.9 Å². The van der Waals surface area contributed by atoms with E-state index in [1.54, 1.807) is 48.5 Å². The van der Waals surface area contributed by atoms with E-state index in [9.17, 15) is 14.7 Å². The number of aliphatic hydroxyl groups is 1. The second-order valence-electron chi connectivity index (χ2n) is 8.73. The Morgan fingerprint density at radius 3 is 2.53 bits per heavy atom. The zero-order valence-electron chi connectivity index (χ0n) is 19.9. The number of para-hydroxylation sites is 1. The molecule has 1 N–H and O–H groups in total. The predicted molar refractivity (Wildman–Crippen MR) is 141 cm³/mol. The molecule has 6 nitrogen and oxygen atoms in total. The van der Waals surface area contributed by atoms with Crippen LogP contribution in [0.5, 0.6) is 5.75 Å². The van der Waals surface area contributed by atoms with E-state index in [1.165, 1.54) is 4.90 Å². The van der Waals surface area contributed by atoms with Crippen LogP contribution in [-0.4, -0.2) is 28.0 Å². The summed E-state index contributed by atoms with van der Waals surface area (Å²) in [5.41, 5.74) is 2.63. The molecule has 36 heavy (non-hydrogen) atoms. The second-order valence-corrected chi connectivity index (χ2v) is 9.17. The molecule has 1 amide bonds. The van der Waals surface area contributed by atoms with Gasteiger partial charge in [0.1, 0.15) is 11.5 Å². The van der Waals surface area contributed by atoms with Crippen molar-refractivity contribution in [3.8, 4) is 5.75 Å². The number of carbonyl (C=O) groups is 2. The zero-order valence-corrected chi connectivity index (χ0v) is 20.7. The van der Waals surface area contributed by atoms with Gasteiger partial charge in [0.05, 0.1) is 18.2 Å². The van der Waals surface area contributed by atoms with Crippen LogP contribution in [0, 0.1) is 0 Å². The first-order chi connectivity index (χ1) is 17.4. The molecule has 0 aliphatic carbocycles. The Morgan fingerprint density at radius 1 is 1.03 bits per heavy atom. The van der Waals surface area contributed by atoms with Gasteiger partial charge in [-0.2, -0.15) is 0 Å². The smallest absolute Gasteiger partial charge is 0.300 e. The highest BCUT2D eigenvalue weighted by molar-refractivity contribution is 6.52. The van der Waals surface area contributed by atoms with Gasteiger partial charge in [0.15, 0.2) is 0 Å². The summed E-state index contributed by atoms with van der Waals surface area (Å²) in [6.07, 6.45) is 2.74. The Balaban J connectivity index is 1.74. The van der Waals surface area contributed by atoms with Crippen LogP contribution < -0.4 is 9.64 Å². The van der Waals surface area contributed by atoms with Gasteiger partial charge < -0.3 is 14.4 Å². The molecule has 4 aromatic rings. The summed E-state index contributed by atoms with van der Waals surface area (Å²) in [7, 11) is 1.91. The van der Waals surface area contributed by atoms with Crippen molar-refractivity contribution >= 4 is 45.6 Å². The van der Waals surface area contributed by atoms with Gasteiger partial charge in [-0.15, -0.1) is 0 Å². The average Bonchev–Trinajstić information content (AvgIpc) is 3.36. The highest BCUT2D eigenvalue weighted by atomic mass is 35.5. The van der Waals surface area contributed by atoms with E-state index in [1.807, 2.05) is 49.0 Å². The molecule has 0 spiro atoms. The van der Waals surface area contributed by atoms with E-state index in [0.29, 0.717) is 28.6 Å². The number of halogens is 1. The van der Waals surface area contributed by atoms with Crippen molar-refractivity contribution in [2.24, 2.45) is 7.05 Å². The van der Waals surface area contributed by atoms with Gasteiger partial charge in [0.25, 0.3) is 11.7 Å². The molecular weight excluding hydrogens is 476 g/mol. The number of hydrogen-bond donors (Lipinski definition) is 1. The number of aliphatic hydroxyl groups excluding tert-OH is 1. The number of anilines is 1. The number of nitrogens with zero attached hydrogens (tertiary/aromatic N) is 2. The Hall–Kier alpha value is -4.03. The summed E-state index contributed by atoms with van der Waals surface area (Å²) >= 11 is 6.09. The van der Waals surface area contributed by atoms with Crippen LogP contribution >= 0.6 is 11.6 Å². The maximum atomic E-state index is 13.5. The van der Waals surface area contributed by atoms with Gasteiger partial charge in [-0.05, 0) is 48.9 Å². The number of benzene rings is 3. The molecule has 1 saturated heterocycles.